The molecule has 0 spiro atoms. The summed E-state index contributed by atoms with van der Waals surface area (Å²) >= 11 is 0. The van der Waals surface area contributed by atoms with Crippen LogP contribution in [0.3, 0.4) is 0 Å². The molecule has 0 aromatic heterocycles. The quantitative estimate of drug-likeness (QED) is 0.304. The van der Waals surface area contributed by atoms with Gasteiger partial charge in [-0.25, -0.2) is 4.79 Å². The number of hydrogen-bond acceptors (Lipinski definition) is 5. The van der Waals surface area contributed by atoms with Crippen molar-refractivity contribution in [3.05, 3.63) is 0 Å². The molecule has 0 bridgehead atoms. The van der Waals surface area contributed by atoms with Crippen molar-refractivity contribution in [2.75, 3.05) is 6.61 Å². The molecule has 1 aliphatic heterocycles. The SMILES string of the molecule is NC(=O)NC1OCC(O)C(O)C1O. The zero-order valence-electron chi connectivity index (χ0n) is 6.75. The van der Waals surface area contributed by atoms with Gasteiger partial charge in [0, 0.05) is 0 Å². The summed E-state index contributed by atoms with van der Waals surface area (Å²) < 4.78 is 4.81. The summed E-state index contributed by atoms with van der Waals surface area (Å²) in [5.74, 6) is 0. The van der Waals surface area contributed by atoms with Gasteiger partial charge in [0.25, 0.3) is 0 Å². The predicted octanol–water partition coefficient (Wildman–Crippen LogP) is -2.91. The summed E-state index contributed by atoms with van der Waals surface area (Å²) in [5, 5.41) is 29.5. The minimum absolute atomic E-state index is 0.164. The van der Waals surface area contributed by atoms with Crippen LogP contribution >= 0.6 is 0 Å². The van der Waals surface area contributed by atoms with Gasteiger partial charge in [-0.2, -0.15) is 0 Å². The number of carbonyl (C=O) groups excluding carboxylic acids is 1. The Morgan fingerprint density at radius 2 is 2.00 bits per heavy atom. The Morgan fingerprint density at radius 3 is 2.54 bits per heavy atom. The topological polar surface area (TPSA) is 125 Å². The Hall–Kier alpha value is -0.890. The van der Waals surface area contributed by atoms with Gasteiger partial charge in [0.15, 0.2) is 6.23 Å². The first-order valence-corrected chi connectivity index (χ1v) is 3.74. The average Bonchev–Trinajstić information content (AvgIpc) is 2.06. The van der Waals surface area contributed by atoms with Crippen LogP contribution in [0.5, 0.6) is 0 Å². The van der Waals surface area contributed by atoms with Gasteiger partial charge in [-0.05, 0) is 0 Å². The first kappa shape index (κ1) is 10.2. The van der Waals surface area contributed by atoms with Crippen LogP contribution < -0.4 is 11.1 Å². The second-order valence-electron chi connectivity index (χ2n) is 2.81. The maximum atomic E-state index is 10.4. The van der Waals surface area contributed by atoms with E-state index < -0.39 is 30.6 Å². The number of aliphatic hydroxyl groups is 3. The van der Waals surface area contributed by atoms with Crippen molar-refractivity contribution >= 4 is 6.03 Å². The fourth-order valence-corrected chi connectivity index (χ4v) is 1.07. The van der Waals surface area contributed by atoms with Crippen molar-refractivity contribution in [3.63, 3.8) is 0 Å². The monoisotopic (exact) mass is 192 g/mol. The number of nitrogens with one attached hydrogen (secondary N) is 1. The van der Waals surface area contributed by atoms with Gasteiger partial charge < -0.3 is 31.1 Å². The van der Waals surface area contributed by atoms with Gasteiger partial charge in [-0.1, -0.05) is 0 Å². The summed E-state index contributed by atoms with van der Waals surface area (Å²) in [5.41, 5.74) is 4.78. The molecule has 1 fully saturated rings. The molecule has 0 aromatic rings. The third kappa shape index (κ3) is 2.28. The average molecular weight is 192 g/mol. The minimum atomic E-state index is -1.38. The van der Waals surface area contributed by atoms with E-state index in [-0.39, 0.29) is 6.61 Å². The van der Waals surface area contributed by atoms with Gasteiger partial charge in [0.2, 0.25) is 0 Å². The van der Waals surface area contributed by atoms with Gasteiger partial charge in [-0.3, -0.25) is 0 Å². The molecule has 2 amide bonds. The molecule has 1 heterocycles. The normalized spacial score (nSPS) is 39.9. The van der Waals surface area contributed by atoms with E-state index in [9.17, 15) is 9.90 Å². The lowest BCUT2D eigenvalue weighted by Crippen LogP contribution is -2.59. The number of carbonyl (C=O) groups is 1. The van der Waals surface area contributed by atoms with Crippen molar-refractivity contribution in [1.29, 1.82) is 0 Å². The summed E-state index contributed by atoms with van der Waals surface area (Å²) in [4.78, 5) is 10.4. The van der Waals surface area contributed by atoms with Crippen molar-refractivity contribution in [2.24, 2.45) is 5.73 Å². The standard InChI is InChI=1S/C6H12N2O5/c7-6(12)8-5-4(11)3(10)2(9)1-13-5/h2-5,9-11H,1H2,(H3,7,8,12). The van der Waals surface area contributed by atoms with E-state index in [4.69, 9.17) is 20.7 Å². The van der Waals surface area contributed by atoms with Gasteiger partial charge in [-0.15, -0.1) is 0 Å². The van der Waals surface area contributed by atoms with Gasteiger partial charge in [0.1, 0.15) is 18.3 Å². The lowest BCUT2D eigenvalue weighted by atomic mass is 10.0. The van der Waals surface area contributed by atoms with Crippen LogP contribution in [0, 0.1) is 0 Å². The third-order valence-electron chi connectivity index (χ3n) is 1.79. The molecule has 1 saturated heterocycles. The van der Waals surface area contributed by atoms with E-state index in [1.807, 2.05) is 0 Å². The minimum Gasteiger partial charge on any atom is -0.388 e. The maximum Gasteiger partial charge on any atom is 0.314 e. The Kier molecular flexibility index (Phi) is 3.04. The summed E-state index contributed by atoms with van der Waals surface area (Å²) in [6.45, 7) is -0.164. The smallest absolute Gasteiger partial charge is 0.314 e. The summed E-state index contributed by atoms with van der Waals surface area (Å²) in [6, 6.07) is -0.868. The fraction of sp³-hybridized carbons (Fsp3) is 0.833. The molecular formula is C6H12N2O5. The highest BCUT2D eigenvalue weighted by Gasteiger charge is 2.37. The zero-order chi connectivity index (χ0) is 10.0. The largest absolute Gasteiger partial charge is 0.388 e. The van der Waals surface area contributed by atoms with Gasteiger partial charge >= 0.3 is 6.03 Å². The number of ether oxygens (including phenoxy) is 1. The van der Waals surface area contributed by atoms with Crippen LogP contribution in [-0.4, -0.2) is 52.5 Å². The van der Waals surface area contributed by atoms with E-state index in [2.05, 4.69) is 5.32 Å². The van der Waals surface area contributed by atoms with Crippen molar-refractivity contribution in [1.82, 2.24) is 5.32 Å². The van der Waals surface area contributed by atoms with E-state index >= 15 is 0 Å². The van der Waals surface area contributed by atoms with Gasteiger partial charge in [0.05, 0.1) is 6.61 Å². The Bertz CT molecular complexity index is 199. The molecule has 0 saturated carbocycles. The first-order chi connectivity index (χ1) is 6.02. The van der Waals surface area contributed by atoms with E-state index in [1.165, 1.54) is 0 Å². The number of aliphatic hydroxyl groups excluding tert-OH is 3. The number of amides is 2. The molecule has 7 nitrogen and oxygen atoms in total. The zero-order valence-corrected chi connectivity index (χ0v) is 6.75. The number of nitrogens with two attached hydrogens (primary N) is 1. The van der Waals surface area contributed by atoms with Crippen LogP contribution in [0.25, 0.3) is 0 Å². The highest BCUT2D eigenvalue weighted by atomic mass is 16.5. The van der Waals surface area contributed by atoms with Crippen LogP contribution in [-0.2, 0) is 4.74 Å². The Morgan fingerprint density at radius 1 is 1.38 bits per heavy atom. The highest BCUT2D eigenvalue weighted by molar-refractivity contribution is 5.71. The number of hydrogen-bond donors (Lipinski definition) is 5. The van der Waals surface area contributed by atoms with Crippen molar-refractivity contribution < 1.29 is 24.9 Å². The molecular weight excluding hydrogens is 180 g/mol. The summed E-state index contributed by atoms with van der Waals surface area (Å²) in [6.07, 6.45) is -4.95. The fourth-order valence-electron chi connectivity index (χ4n) is 1.07. The van der Waals surface area contributed by atoms with Crippen LogP contribution in [0.1, 0.15) is 0 Å². The first-order valence-electron chi connectivity index (χ1n) is 3.74. The summed E-state index contributed by atoms with van der Waals surface area (Å²) in [7, 11) is 0. The van der Waals surface area contributed by atoms with Crippen LogP contribution in [0.2, 0.25) is 0 Å². The predicted molar refractivity (Wildman–Crippen MR) is 40.5 cm³/mol. The number of primary amides is 1. The lowest BCUT2D eigenvalue weighted by molar-refractivity contribution is -0.191. The maximum absolute atomic E-state index is 10.4. The Labute approximate surface area is 74.1 Å². The lowest BCUT2D eigenvalue weighted by Gasteiger charge is -2.34. The highest BCUT2D eigenvalue weighted by Crippen LogP contribution is 2.13. The second-order valence-corrected chi connectivity index (χ2v) is 2.81. The van der Waals surface area contributed by atoms with E-state index in [0.717, 1.165) is 0 Å². The van der Waals surface area contributed by atoms with Crippen molar-refractivity contribution in [2.45, 2.75) is 24.5 Å². The second kappa shape index (κ2) is 3.88. The van der Waals surface area contributed by atoms with Crippen molar-refractivity contribution in [3.8, 4) is 0 Å². The van der Waals surface area contributed by atoms with E-state index in [1.54, 1.807) is 0 Å². The van der Waals surface area contributed by atoms with Crippen LogP contribution in [0.15, 0.2) is 0 Å². The molecule has 6 N–H and O–H groups in total. The molecule has 13 heavy (non-hydrogen) atoms. The third-order valence-corrected chi connectivity index (χ3v) is 1.79. The molecule has 0 aliphatic carbocycles. The Balaban J connectivity index is 2.53. The molecule has 1 rings (SSSR count). The molecule has 0 aromatic carbocycles. The molecule has 4 atom stereocenters. The van der Waals surface area contributed by atoms with Crippen LogP contribution in [0.4, 0.5) is 4.79 Å². The number of rotatable bonds is 1. The number of urea groups is 1. The van der Waals surface area contributed by atoms with E-state index in [0.29, 0.717) is 0 Å². The molecule has 7 heteroatoms. The molecule has 0 radical (unpaired) electrons. The molecule has 76 valence electrons. The molecule has 1 aliphatic rings. The molecule has 4 unspecified atom stereocenters.